The van der Waals surface area contributed by atoms with Crippen LogP contribution in [0.3, 0.4) is 0 Å². The van der Waals surface area contributed by atoms with Crippen LogP contribution in [0.4, 0.5) is 119 Å². The summed E-state index contributed by atoms with van der Waals surface area (Å²) in [5.74, 6) is -103. The lowest BCUT2D eigenvalue weighted by molar-refractivity contribution is -0.489. The number of rotatable bonds is 11. The summed E-state index contributed by atoms with van der Waals surface area (Å²) in [7, 11) is 0. The van der Waals surface area contributed by atoms with Crippen LogP contribution in [0, 0.1) is 0 Å². The summed E-state index contributed by atoms with van der Waals surface area (Å²) >= 11 is 0. The smallest absolute Gasteiger partial charge is 0.331 e. The topological polar surface area (TPSA) is 20.2 Å². The molecular weight excluding hydrogens is 685 g/mol. The quantitative estimate of drug-likeness (QED) is 0.218. The zero-order valence-electron chi connectivity index (χ0n) is 17.2. The maximum atomic E-state index is 13.5. The van der Waals surface area contributed by atoms with E-state index in [1.165, 1.54) is 0 Å². The minimum atomic E-state index is -9.80. The first kappa shape index (κ1) is 39.1. The molecule has 0 aliphatic rings. The molecule has 0 aromatic rings. The molecule has 0 atom stereocenters. The second-order valence-corrected chi connectivity index (χ2v) is 7.36. The van der Waals surface area contributed by atoms with Crippen molar-refractivity contribution in [2.24, 2.45) is 0 Å². The van der Waals surface area contributed by atoms with Gasteiger partial charge in [-0.2, -0.15) is 119 Å². The molecule has 0 fully saturated rings. The minimum Gasteiger partial charge on any atom is -0.331 e. The highest BCUT2D eigenvalue weighted by molar-refractivity contribution is 5.20. The van der Waals surface area contributed by atoms with E-state index in [4.69, 9.17) is 5.11 Å². The summed E-state index contributed by atoms with van der Waals surface area (Å²) in [6, 6.07) is 0. The number of hydrogen-bond acceptors (Lipinski definition) is 1. The van der Waals surface area contributed by atoms with Gasteiger partial charge in [0.25, 0.3) is 0 Å². The molecule has 0 unspecified atom stereocenters. The van der Waals surface area contributed by atoms with Gasteiger partial charge in [-0.15, -0.1) is 0 Å². The predicted octanol–water partition coefficient (Wildman–Crippen LogP) is 8.12. The average Bonchev–Trinajstić information content (AvgIpc) is 2.70. The van der Waals surface area contributed by atoms with Gasteiger partial charge >= 0.3 is 77.4 Å². The van der Waals surface area contributed by atoms with Gasteiger partial charge in [-0.05, 0) is 0 Å². The highest BCUT2D eigenvalue weighted by Crippen LogP contribution is 2.68. The van der Waals surface area contributed by atoms with Crippen LogP contribution >= 0.6 is 0 Å². The van der Waals surface area contributed by atoms with Crippen molar-refractivity contribution >= 4 is 0 Å². The Morgan fingerprint density at radius 1 is 0.195 bits per heavy atom. The van der Waals surface area contributed by atoms with E-state index in [1.807, 2.05) is 0 Å². The monoisotopic (exact) mass is 686 g/mol. The van der Waals surface area contributed by atoms with Crippen LogP contribution in [-0.2, 0) is 0 Å². The predicted molar refractivity (Wildman–Crippen MR) is 67.6 cm³/mol. The Morgan fingerprint density at radius 2 is 0.317 bits per heavy atom. The zero-order valence-corrected chi connectivity index (χ0v) is 17.2. The molecule has 0 bridgehead atoms. The van der Waals surface area contributed by atoms with Crippen molar-refractivity contribution in [2.75, 3.05) is 0 Å². The molecule has 0 aliphatic heterocycles. The van der Waals surface area contributed by atoms with Crippen LogP contribution in [-0.4, -0.2) is 82.5 Å². The Bertz CT molecular complexity index is 885. The third-order valence-electron chi connectivity index (χ3n) is 4.68. The fourth-order valence-corrected chi connectivity index (χ4v) is 2.14. The van der Waals surface area contributed by atoms with Gasteiger partial charge in [0.15, 0.2) is 0 Å². The first-order valence-corrected chi connectivity index (χ1v) is 8.33. The normalized spacial score (nSPS) is 17.3. The Balaban J connectivity index is 7.41. The molecular formula is C13HF27O. The molecule has 0 amide bonds. The van der Waals surface area contributed by atoms with E-state index in [0.717, 1.165) is 0 Å². The SMILES string of the molecule is OC(F)(F)C(F)(F)C(F)(F)C(F)(F)C(F)(F)C(F)(F)C(F)(F)C(F)(F)C(F)(F)C(F)(F)C(F)(F)C(F)(F)C(F)(F)F. The van der Waals surface area contributed by atoms with Crippen molar-refractivity contribution in [1.82, 2.24) is 0 Å². The van der Waals surface area contributed by atoms with Gasteiger partial charge < -0.3 is 5.11 Å². The highest BCUT2D eigenvalue weighted by atomic mass is 19.4. The lowest BCUT2D eigenvalue weighted by Gasteiger charge is -2.45. The molecule has 0 spiro atoms. The van der Waals surface area contributed by atoms with Gasteiger partial charge in [0.05, 0.1) is 0 Å². The molecule has 28 heteroatoms. The lowest BCUT2D eigenvalue weighted by atomic mass is 9.84. The Morgan fingerprint density at radius 3 is 0.439 bits per heavy atom. The summed E-state index contributed by atoms with van der Waals surface area (Å²) in [5.41, 5.74) is 0. The first-order valence-electron chi connectivity index (χ1n) is 8.33. The van der Waals surface area contributed by atoms with Crippen molar-refractivity contribution in [3.63, 3.8) is 0 Å². The van der Waals surface area contributed by atoms with Crippen molar-refractivity contribution in [1.29, 1.82) is 0 Å². The van der Waals surface area contributed by atoms with Crippen molar-refractivity contribution in [2.45, 2.75) is 77.4 Å². The van der Waals surface area contributed by atoms with Crippen molar-refractivity contribution in [3.05, 3.63) is 0 Å². The molecule has 248 valence electrons. The largest absolute Gasteiger partial charge is 0.460 e. The third kappa shape index (κ3) is 4.40. The van der Waals surface area contributed by atoms with E-state index < -0.39 is 77.4 Å². The maximum Gasteiger partial charge on any atom is 0.460 e. The molecule has 0 saturated heterocycles. The molecule has 1 nitrogen and oxygen atoms in total. The minimum absolute atomic E-state index is 7.41. The molecule has 1 N–H and O–H groups in total. The molecule has 41 heavy (non-hydrogen) atoms. The van der Waals surface area contributed by atoms with Crippen LogP contribution in [0.25, 0.3) is 0 Å². The fourth-order valence-electron chi connectivity index (χ4n) is 2.14. The van der Waals surface area contributed by atoms with E-state index in [9.17, 15) is 119 Å². The molecule has 0 aliphatic carbocycles. The third-order valence-corrected chi connectivity index (χ3v) is 4.68. The zero-order chi connectivity index (χ0) is 34.5. The second kappa shape index (κ2) is 9.04. The van der Waals surface area contributed by atoms with Gasteiger partial charge in [0.2, 0.25) is 0 Å². The van der Waals surface area contributed by atoms with E-state index in [-0.39, 0.29) is 0 Å². The number of hydrogen-bond donors (Lipinski definition) is 1. The number of halogens is 27. The van der Waals surface area contributed by atoms with Gasteiger partial charge in [-0.25, -0.2) is 0 Å². The summed E-state index contributed by atoms with van der Waals surface area (Å²) in [4.78, 5) is 0. The maximum absolute atomic E-state index is 13.5. The molecule has 0 radical (unpaired) electrons. The van der Waals surface area contributed by atoms with Crippen LogP contribution in [0.2, 0.25) is 0 Å². The summed E-state index contributed by atoms with van der Waals surface area (Å²) in [6.07, 6.45) is -16.0. The van der Waals surface area contributed by atoms with Gasteiger partial charge in [0, 0.05) is 0 Å². The highest BCUT2D eigenvalue weighted by Gasteiger charge is 3.00. The van der Waals surface area contributed by atoms with E-state index in [2.05, 4.69) is 0 Å². The Labute approximate surface area is 202 Å². The van der Waals surface area contributed by atoms with Crippen LogP contribution in [0.1, 0.15) is 0 Å². The number of alkyl halides is 27. The first-order chi connectivity index (χ1) is 17.0. The lowest BCUT2D eigenvalue weighted by Crippen LogP contribution is -2.78. The van der Waals surface area contributed by atoms with E-state index in [1.54, 1.807) is 0 Å². The van der Waals surface area contributed by atoms with Gasteiger partial charge in [-0.3, -0.25) is 0 Å². The average molecular weight is 686 g/mol. The van der Waals surface area contributed by atoms with Crippen LogP contribution in [0.5, 0.6) is 0 Å². The Kier molecular flexibility index (Phi) is 8.62. The molecule has 0 saturated carbocycles. The van der Waals surface area contributed by atoms with Crippen molar-refractivity contribution < 1.29 is 124 Å². The standard InChI is InChI=1S/C13HF27O/c14-1(15,2(16,17)4(20,21)6(24,25)8(28,29)10(32,33)12(36,37)38)3(18,19)5(22,23)7(26,27)9(30,31)11(34,35)13(39,40)41/h41H. The molecule has 0 aromatic heterocycles. The fraction of sp³-hybridized carbons (Fsp3) is 1.00. The number of aliphatic hydroxyl groups is 1. The van der Waals surface area contributed by atoms with Gasteiger partial charge in [0.1, 0.15) is 0 Å². The van der Waals surface area contributed by atoms with Crippen LogP contribution in [0.15, 0.2) is 0 Å². The summed E-state index contributed by atoms with van der Waals surface area (Å²) < 4.78 is 350. The van der Waals surface area contributed by atoms with E-state index >= 15 is 0 Å². The van der Waals surface area contributed by atoms with Crippen molar-refractivity contribution in [3.8, 4) is 0 Å². The summed E-state index contributed by atoms with van der Waals surface area (Å²) in [6.45, 7) is 0. The molecule has 0 heterocycles. The molecule has 0 rings (SSSR count). The second-order valence-electron chi connectivity index (χ2n) is 7.36. The molecule has 0 aromatic carbocycles. The Hall–Kier alpha value is -1.93. The van der Waals surface area contributed by atoms with Crippen LogP contribution < -0.4 is 0 Å². The summed E-state index contributed by atoms with van der Waals surface area (Å²) in [5, 5.41) is 7.41. The van der Waals surface area contributed by atoms with E-state index in [0.29, 0.717) is 0 Å². The van der Waals surface area contributed by atoms with Gasteiger partial charge in [-0.1, -0.05) is 0 Å².